The fraction of sp³-hybridized carbons (Fsp3) is 0.316. The molecule has 2 aromatic rings. The Morgan fingerprint density at radius 3 is 2.92 bits per heavy atom. The minimum Gasteiger partial charge on any atom is -0.489 e. The smallest absolute Gasteiger partial charge is 0.246 e. The van der Waals surface area contributed by atoms with E-state index in [9.17, 15) is 4.79 Å². The Hall–Kier alpha value is -2.69. The Kier molecular flexibility index (Phi) is 3.76. The van der Waals surface area contributed by atoms with Crippen LogP contribution in [0.1, 0.15) is 12.0 Å². The van der Waals surface area contributed by atoms with Crippen molar-refractivity contribution < 1.29 is 9.53 Å². The van der Waals surface area contributed by atoms with Crippen LogP contribution in [0.3, 0.4) is 0 Å². The van der Waals surface area contributed by atoms with Crippen molar-refractivity contribution in [1.29, 1.82) is 0 Å². The Labute approximate surface area is 141 Å². The number of ether oxygens (including phenoxy) is 1. The standard InChI is InChI=1S/C19H21N3O2/c20-15-7-8-17-18(12-15)24-11-10-21(17)13-19(23)22-9-3-5-14-4-1-2-6-16(14)22/h1-2,4,6-8,12H,3,5,9-11,13,20H2. The van der Waals surface area contributed by atoms with E-state index in [1.54, 1.807) is 0 Å². The molecule has 2 aliphatic rings. The highest BCUT2D eigenvalue weighted by Crippen LogP contribution is 2.34. The molecular weight excluding hydrogens is 302 g/mol. The minimum absolute atomic E-state index is 0.131. The normalized spacial score (nSPS) is 16.2. The summed E-state index contributed by atoms with van der Waals surface area (Å²) in [6.07, 6.45) is 2.05. The van der Waals surface area contributed by atoms with E-state index in [2.05, 4.69) is 11.0 Å². The number of hydrogen-bond acceptors (Lipinski definition) is 4. The Morgan fingerprint density at radius 2 is 2.00 bits per heavy atom. The SMILES string of the molecule is Nc1ccc2c(c1)OCCN2CC(=O)N1CCCc2ccccc21. The third-order valence-corrected chi connectivity index (χ3v) is 4.68. The number of hydrogen-bond donors (Lipinski definition) is 1. The van der Waals surface area contributed by atoms with Crippen molar-refractivity contribution in [3.63, 3.8) is 0 Å². The molecule has 5 heteroatoms. The molecule has 2 N–H and O–H groups in total. The lowest BCUT2D eigenvalue weighted by Gasteiger charge is -2.34. The van der Waals surface area contributed by atoms with Crippen LogP contribution in [0.4, 0.5) is 17.1 Å². The zero-order valence-corrected chi connectivity index (χ0v) is 13.6. The fourth-order valence-electron chi connectivity index (χ4n) is 3.50. The molecule has 5 nitrogen and oxygen atoms in total. The topological polar surface area (TPSA) is 58.8 Å². The van der Waals surface area contributed by atoms with Crippen LogP contribution in [0.25, 0.3) is 0 Å². The monoisotopic (exact) mass is 323 g/mol. The second kappa shape index (κ2) is 6.07. The van der Waals surface area contributed by atoms with E-state index in [-0.39, 0.29) is 5.91 Å². The predicted molar refractivity (Wildman–Crippen MR) is 95.7 cm³/mol. The average Bonchev–Trinajstić information content (AvgIpc) is 2.61. The molecule has 0 bridgehead atoms. The van der Waals surface area contributed by atoms with Crippen LogP contribution in [0.15, 0.2) is 42.5 Å². The quantitative estimate of drug-likeness (QED) is 0.863. The van der Waals surface area contributed by atoms with Gasteiger partial charge in [-0.3, -0.25) is 4.79 Å². The summed E-state index contributed by atoms with van der Waals surface area (Å²) < 4.78 is 5.67. The van der Waals surface area contributed by atoms with Gasteiger partial charge in [0.05, 0.1) is 18.8 Å². The van der Waals surface area contributed by atoms with E-state index in [0.717, 1.165) is 36.5 Å². The van der Waals surface area contributed by atoms with Gasteiger partial charge >= 0.3 is 0 Å². The van der Waals surface area contributed by atoms with E-state index in [0.29, 0.717) is 25.4 Å². The summed E-state index contributed by atoms with van der Waals surface area (Å²) in [7, 11) is 0. The first kappa shape index (κ1) is 14.9. The van der Waals surface area contributed by atoms with E-state index < -0.39 is 0 Å². The van der Waals surface area contributed by atoms with Gasteiger partial charge in [-0.25, -0.2) is 0 Å². The third kappa shape index (κ3) is 2.66. The zero-order valence-electron chi connectivity index (χ0n) is 13.6. The number of benzene rings is 2. The van der Waals surface area contributed by atoms with Crippen molar-refractivity contribution in [2.75, 3.05) is 41.8 Å². The van der Waals surface area contributed by atoms with E-state index in [1.807, 2.05) is 41.3 Å². The van der Waals surface area contributed by atoms with Gasteiger partial charge < -0.3 is 20.3 Å². The summed E-state index contributed by atoms with van der Waals surface area (Å²) in [6, 6.07) is 13.8. The van der Waals surface area contributed by atoms with Crippen LogP contribution in [0, 0.1) is 0 Å². The Morgan fingerprint density at radius 1 is 1.12 bits per heavy atom. The molecule has 0 aliphatic carbocycles. The number of amides is 1. The van der Waals surface area contributed by atoms with Gasteiger partial charge in [0.2, 0.25) is 5.91 Å². The van der Waals surface area contributed by atoms with Crippen LogP contribution in [0.2, 0.25) is 0 Å². The summed E-state index contributed by atoms with van der Waals surface area (Å²) in [5, 5.41) is 0. The summed E-state index contributed by atoms with van der Waals surface area (Å²) >= 11 is 0. The van der Waals surface area contributed by atoms with Gasteiger partial charge in [0.25, 0.3) is 0 Å². The van der Waals surface area contributed by atoms with Gasteiger partial charge in [-0.2, -0.15) is 0 Å². The molecule has 1 amide bonds. The van der Waals surface area contributed by atoms with Crippen LogP contribution in [0.5, 0.6) is 5.75 Å². The van der Waals surface area contributed by atoms with Gasteiger partial charge in [-0.05, 0) is 36.6 Å². The number of nitrogen functional groups attached to an aromatic ring is 1. The van der Waals surface area contributed by atoms with Gasteiger partial charge in [0, 0.05) is 24.0 Å². The van der Waals surface area contributed by atoms with E-state index in [1.165, 1.54) is 5.56 Å². The molecule has 2 heterocycles. The maximum atomic E-state index is 12.9. The van der Waals surface area contributed by atoms with Crippen molar-refractivity contribution in [3.8, 4) is 5.75 Å². The highest BCUT2D eigenvalue weighted by molar-refractivity contribution is 5.97. The summed E-state index contributed by atoms with van der Waals surface area (Å²) in [4.78, 5) is 16.9. The molecule has 0 saturated heterocycles. The van der Waals surface area contributed by atoms with E-state index >= 15 is 0 Å². The number of carbonyl (C=O) groups excluding carboxylic acids is 1. The number of fused-ring (bicyclic) bond motifs is 2. The zero-order chi connectivity index (χ0) is 16.5. The van der Waals surface area contributed by atoms with Gasteiger partial charge in [-0.1, -0.05) is 18.2 Å². The maximum absolute atomic E-state index is 12.9. The molecule has 0 saturated carbocycles. The molecule has 0 atom stereocenters. The van der Waals surface area contributed by atoms with Gasteiger partial charge in [0.1, 0.15) is 12.4 Å². The summed E-state index contributed by atoms with van der Waals surface area (Å²) in [5.41, 5.74) is 9.75. The molecule has 2 aliphatic heterocycles. The van der Waals surface area contributed by atoms with Crippen molar-refractivity contribution in [1.82, 2.24) is 0 Å². The second-order valence-electron chi connectivity index (χ2n) is 6.27. The fourth-order valence-corrected chi connectivity index (χ4v) is 3.50. The minimum atomic E-state index is 0.131. The molecule has 4 rings (SSSR count). The average molecular weight is 323 g/mol. The number of nitrogens with two attached hydrogens (primary N) is 1. The molecule has 0 fully saturated rings. The van der Waals surface area contributed by atoms with Gasteiger partial charge in [-0.15, -0.1) is 0 Å². The number of nitrogens with zero attached hydrogens (tertiary/aromatic N) is 2. The van der Waals surface area contributed by atoms with Crippen molar-refractivity contribution in [2.24, 2.45) is 0 Å². The first-order valence-corrected chi connectivity index (χ1v) is 8.38. The van der Waals surface area contributed by atoms with Crippen LogP contribution in [-0.4, -0.2) is 32.1 Å². The first-order valence-electron chi connectivity index (χ1n) is 8.38. The third-order valence-electron chi connectivity index (χ3n) is 4.68. The molecule has 2 aromatic carbocycles. The number of anilines is 3. The summed E-state index contributed by atoms with van der Waals surface area (Å²) in [5.74, 6) is 0.889. The van der Waals surface area contributed by atoms with Crippen LogP contribution in [-0.2, 0) is 11.2 Å². The summed E-state index contributed by atoms with van der Waals surface area (Å²) in [6.45, 7) is 2.42. The van der Waals surface area contributed by atoms with Crippen LogP contribution < -0.4 is 20.3 Å². The van der Waals surface area contributed by atoms with Crippen molar-refractivity contribution in [3.05, 3.63) is 48.0 Å². The van der Waals surface area contributed by atoms with E-state index in [4.69, 9.17) is 10.5 Å². The number of carbonyl (C=O) groups is 1. The molecular formula is C19H21N3O2. The first-order chi connectivity index (χ1) is 11.7. The molecule has 0 aromatic heterocycles. The lowest BCUT2D eigenvalue weighted by Crippen LogP contribution is -2.45. The highest BCUT2D eigenvalue weighted by Gasteiger charge is 2.26. The lowest BCUT2D eigenvalue weighted by atomic mass is 10.0. The molecule has 124 valence electrons. The molecule has 0 unspecified atom stereocenters. The van der Waals surface area contributed by atoms with Gasteiger partial charge in [0.15, 0.2) is 0 Å². The Bertz CT molecular complexity index is 775. The second-order valence-corrected chi connectivity index (χ2v) is 6.27. The Balaban J connectivity index is 1.56. The highest BCUT2D eigenvalue weighted by atomic mass is 16.5. The largest absolute Gasteiger partial charge is 0.489 e. The van der Waals surface area contributed by atoms with Crippen molar-refractivity contribution in [2.45, 2.75) is 12.8 Å². The molecule has 0 spiro atoms. The van der Waals surface area contributed by atoms with Crippen LogP contribution >= 0.6 is 0 Å². The lowest BCUT2D eigenvalue weighted by molar-refractivity contribution is -0.117. The molecule has 24 heavy (non-hydrogen) atoms. The predicted octanol–water partition coefficient (Wildman–Crippen LogP) is 2.45. The number of rotatable bonds is 2. The number of aryl methyl sites for hydroxylation is 1. The molecule has 0 radical (unpaired) electrons. The maximum Gasteiger partial charge on any atom is 0.246 e. The number of para-hydroxylation sites is 1. The van der Waals surface area contributed by atoms with Crippen molar-refractivity contribution >= 4 is 23.0 Å².